The van der Waals surface area contributed by atoms with Crippen LogP contribution < -0.4 is 10.1 Å². The summed E-state index contributed by atoms with van der Waals surface area (Å²) in [6.07, 6.45) is 6.22. The molecule has 3 rings (SSSR count). The molecule has 1 unspecified atom stereocenters. The molecule has 1 aromatic carbocycles. The summed E-state index contributed by atoms with van der Waals surface area (Å²) in [5, 5.41) is 5.03. The molecule has 4 heteroatoms. The van der Waals surface area contributed by atoms with Crippen LogP contribution in [0.1, 0.15) is 43.7 Å². The number of benzene rings is 1. The van der Waals surface area contributed by atoms with Crippen LogP contribution in [-0.4, -0.2) is 12.6 Å². The zero-order valence-electron chi connectivity index (χ0n) is 10.2. The lowest BCUT2D eigenvalue weighted by molar-refractivity contribution is 0.244. The van der Waals surface area contributed by atoms with Crippen LogP contribution in [0.2, 0.25) is 10.0 Å². The number of hydrogen-bond donors (Lipinski definition) is 1. The van der Waals surface area contributed by atoms with Crippen LogP contribution in [0, 0.1) is 0 Å². The minimum atomic E-state index is 0.327. The van der Waals surface area contributed by atoms with Crippen LogP contribution in [0.25, 0.3) is 0 Å². The number of halogens is 2. The fourth-order valence-corrected chi connectivity index (χ4v) is 3.54. The molecule has 1 N–H and O–H groups in total. The van der Waals surface area contributed by atoms with E-state index in [1.54, 1.807) is 6.07 Å². The topological polar surface area (TPSA) is 21.3 Å². The average Bonchev–Trinajstić information content (AvgIpc) is 2.83. The Bertz CT molecular complexity index is 444. The molecule has 0 aromatic heterocycles. The first kappa shape index (κ1) is 12.6. The molecule has 18 heavy (non-hydrogen) atoms. The molecule has 1 atom stereocenters. The summed E-state index contributed by atoms with van der Waals surface area (Å²) < 4.78 is 5.67. The van der Waals surface area contributed by atoms with Gasteiger partial charge in [-0.1, -0.05) is 36.0 Å². The normalized spacial score (nSPS) is 23.8. The highest BCUT2D eigenvalue weighted by Crippen LogP contribution is 2.40. The number of rotatable bonds is 2. The highest BCUT2D eigenvalue weighted by molar-refractivity contribution is 6.35. The quantitative estimate of drug-likeness (QED) is 0.872. The van der Waals surface area contributed by atoms with E-state index < -0.39 is 0 Å². The lowest BCUT2D eigenvalue weighted by Gasteiger charge is -2.30. The van der Waals surface area contributed by atoms with Crippen molar-refractivity contribution >= 4 is 23.2 Å². The molecular formula is C14H17Cl2NO. The Morgan fingerprint density at radius 3 is 2.67 bits per heavy atom. The molecule has 0 bridgehead atoms. The summed E-state index contributed by atoms with van der Waals surface area (Å²) in [6, 6.07) is 4.70. The predicted molar refractivity (Wildman–Crippen MR) is 74.7 cm³/mol. The van der Waals surface area contributed by atoms with Crippen molar-refractivity contribution in [2.75, 3.05) is 6.61 Å². The van der Waals surface area contributed by atoms with E-state index in [1.807, 2.05) is 6.07 Å². The number of nitrogens with one attached hydrogen (secondary N) is 1. The summed E-state index contributed by atoms with van der Waals surface area (Å²) in [5.74, 6) is 0.808. The lowest BCUT2D eigenvalue weighted by Crippen LogP contribution is -2.33. The van der Waals surface area contributed by atoms with Gasteiger partial charge in [-0.3, -0.25) is 0 Å². The van der Waals surface area contributed by atoms with Gasteiger partial charge >= 0.3 is 0 Å². The molecule has 0 radical (unpaired) electrons. The van der Waals surface area contributed by atoms with Gasteiger partial charge in [0.2, 0.25) is 0 Å². The van der Waals surface area contributed by atoms with Gasteiger partial charge in [-0.2, -0.15) is 0 Å². The summed E-state index contributed by atoms with van der Waals surface area (Å²) in [7, 11) is 0. The fourth-order valence-electron chi connectivity index (χ4n) is 2.98. The van der Waals surface area contributed by atoms with Gasteiger partial charge in [-0.15, -0.1) is 0 Å². The molecular weight excluding hydrogens is 269 g/mol. The van der Waals surface area contributed by atoms with E-state index >= 15 is 0 Å². The van der Waals surface area contributed by atoms with Crippen molar-refractivity contribution in [2.24, 2.45) is 0 Å². The Balaban J connectivity index is 1.86. The Morgan fingerprint density at radius 1 is 1.11 bits per heavy atom. The van der Waals surface area contributed by atoms with Gasteiger partial charge < -0.3 is 10.1 Å². The lowest BCUT2D eigenvalue weighted by atomic mass is 9.99. The molecule has 1 heterocycles. The van der Waals surface area contributed by atoms with Crippen molar-refractivity contribution in [3.05, 3.63) is 27.7 Å². The number of hydrogen-bond acceptors (Lipinski definition) is 2. The van der Waals surface area contributed by atoms with Crippen LogP contribution in [0.5, 0.6) is 5.75 Å². The predicted octanol–water partition coefficient (Wildman–Crippen LogP) is 4.35. The third kappa shape index (κ3) is 2.47. The first-order chi connectivity index (χ1) is 8.74. The minimum Gasteiger partial charge on any atom is -0.492 e. The molecule has 1 aromatic rings. The molecule has 98 valence electrons. The highest BCUT2D eigenvalue weighted by atomic mass is 35.5. The summed E-state index contributed by atoms with van der Waals surface area (Å²) in [4.78, 5) is 0. The van der Waals surface area contributed by atoms with Crippen molar-refractivity contribution < 1.29 is 4.74 Å². The smallest absolute Gasteiger partial charge is 0.142 e. The Kier molecular flexibility index (Phi) is 3.69. The standard InChI is InChI=1S/C14H17Cl2NO/c15-9-7-11-13(17-10-3-1-2-4-10)5-6-18-14(11)12(16)8-9/h7-8,10,13,17H,1-6H2. The molecule has 0 amide bonds. The van der Waals surface area contributed by atoms with Gasteiger partial charge in [0.15, 0.2) is 0 Å². The van der Waals surface area contributed by atoms with E-state index in [1.165, 1.54) is 25.7 Å². The third-order valence-electron chi connectivity index (χ3n) is 3.86. The van der Waals surface area contributed by atoms with E-state index in [9.17, 15) is 0 Å². The van der Waals surface area contributed by atoms with E-state index in [0.29, 0.717) is 22.1 Å². The van der Waals surface area contributed by atoms with Crippen molar-refractivity contribution in [3.63, 3.8) is 0 Å². The first-order valence-corrected chi connectivity index (χ1v) is 7.37. The zero-order chi connectivity index (χ0) is 12.5. The van der Waals surface area contributed by atoms with Gasteiger partial charge in [0.05, 0.1) is 11.6 Å². The zero-order valence-corrected chi connectivity index (χ0v) is 11.7. The van der Waals surface area contributed by atoms with Crippen LogP contribution in [-0.2, 0) is 0 Å². The molecule has 2 aliphatic rings. The molecule has 1 aliphatic carbocycles. The van der Waals surface area contributed by atoms with E-state index in [-0.39, 0.29) is 0 Å². The fraction of sp³-hybridized carbons (Fsp3) is 0.571. The van der Waals surface area contributed by atoms with E-state index in [0.717, 1.165) is 24.3 Å². The Hall–Kier alpha value is -0.440. The number of fused-ring (bicyclic) bond motifs is 1. The largest absolute Gasteiger partial charge is 0.492 e. The van der Waals surface area contributed by atoms with Gasteiger partial charge in [-0.25, -0.2) is 0 Å². The highest BCUT2D eigenvalue weighted by Gasteiger charge is 2.27. The van der Waals surface area contributed by atoms with Gasteiger partial charge in [0.1, 0.15) is 5.75 Å². The number of ether oxygens (including phenoxy) is 1. The molecule has 2 nitrogen and oxygen atoms in total. The third-order valence-corrected chi connectivity index (χ3v) is 4.36. The average molecular weight is 286 g/mol. The molecule has 0 spiro atoms. The minimum absolute atomic E-state index is 0.327. The van der Waals surface area contributed by atoms with Gasteiger partial charge in [-0.05, 0) is 25.0 Å². The molecule has 1 saturated carbocycles. The maximum absolute atomic E-state index is 6.19. The van der Waals surface area contributed by atoms with E-state index in [2.05, 4.69) is 5.32 Å². The van der Waals surface area contributed by atoms with Crippen LogP contribution in [0.4, 0.5) is 0 Å². The SMILES string of the molecule is Clc1cc(Cl)c2c(c1)C(NC1CCCC1)CCO2. The van der Waals surface area contributed by atoms with Crippen molar-refractivity contribution in [1.29, 1.82) is 0 Å². The van der Waals surface area contributed by atoms with Gasteiger partial charge in [0.25, 0.3) is 0 Å². The van der Waals surface area contributed by atoms with Crippen molar-refractivity contribution in [2.45, 2.75) is 44.2 Å². The van der Waals surface area contributed by atoms with E-state index in [4.69, 9.17) is 27.9 Å². The maximum atomic E-state index is 6.19. The second kappa shape index (κ2) is 5.28. The van der Waals surface area contributed by atoms with Crippen LogP contribution in [0.3, 0.4) is 0 Å². The Morgan fingerprint density at radius 2 is 1.89 bits per heavy atom. The second-order valence-electron chi connectivity index (χ2n) is 5.14. The van der Waals surface area contributed by atoms with Crippen molar-refractivity contribution in [3.8, 4) is 5.75 Å². The molecule has 1 fully saturated rings. The summed E-state index contributed by atoms with van der Waals surface area (Å²) >= 11 is 12.3. The summed E-state index contributed by atoms with van der Waals surface area (Å²) in [5.41, 5.74) is 1.12. The second-order valence-corrected chi connectivity index (χ2v) is 5.99. The first-order valence-electron chi connectivity index (χ1n) is 6.62. The monoisotopic (exact) mass is 285 g/mol. The maximum Gasteiger partial charge on any atom is 0.142 e. The summed E-state index contributed by atoms with van der Waals surface area (Å²) in [6.45, 7) is 0.721. The van der Waals surface area contributed by atoms with Crippen molar-refractivity contribution in [1.82, 2.24) is 5.32 Å². The Labute approximate surface area is 118 Å². The molecule has 0 saturated heterocycles. The van der Waals surface area contributed by atoms with Crippen LogP contribution in [0.15, 0.2) is 12.1 Å². The van der Waals surface area contributed by atoms with Crippen LogP contribution >= 0.6 is 23.2 Å². The molecule has 1 aliphatic heterocycles. The van der Waals surface area contributed by atoms with Gasteiger partial charge in [0, 0.05) is 29.1 Å².